The van der Waals surface area contributed by atoms with Crippen LogP contribution in [-0.4, -0.2) is 15.6 Å². The number of rotatable bonds is 4. The number of amidine groups is 1. The summed E-state index contributed by atoms with van der Waals surface area (Å²) >= 11 is 6.14. The number of nitrogens with two attached hydrogens (primary N) is 1. The zero-order chi connectivity index (χ0) is 14.0. The fourth-order valence-electron chi connectivity index (χ4n) is 1.80. The van der Waals surface area contributed by atoms with Gasteiger partial charge in [-0.25, -0.2) is 0 Å². The number of nitrogen functional groups attached to an aromatic ring is 1. The third kappa shape index (κ3) is 2.71. The summed E-state index contributed by atoms with van der Waals surface area (Å²) in [5.41, 5.74) is 7.74. The SMILES string of the molecule is Cc1nn(C)c(Cl)c1COc1ccccc1C(=N)N. The van der Waals surface area contributed by atoms with E-state index >= 15 is 0 Å². The van der Waals surface area contributed by atoms with Gasteiger partial charge >= 0.3 is 0 Å². The maximum absolute atomic E-state index is 7.50. The molecule has 1 aromatic heterocycles. The molecule has 0 bridgehead atoms. The van der Waals surface area contributed by atoms with Gasteiger partial charge in [0.2, 0.25) is 0 Å². The molecule has 0 aliphatic heterocycles. The van der Waals surface area contributed by atoms with Crippen LogP contribution in [0.25, 0.3) is 0 Å². The molecule has 3 N–H and O–H groups in total. The highest BCUT2D eigenvalue weighted by Crippen LogP contribution is 2.23. The molecule has 0 saturated carbocycles. The molecule has 6 heteroatoms. The lowest BCUT2D eigenvalue weighted by molar-refractivity contribution is 0.305. The smallest absolute Gasteiger partial charge is 0.133 e. The Labute approximate surface area is 116 Å². The van der Waals surface area contributed by atoms with Crippen molar-refractivity contribution in [3.05, 3.63) is 46.2 Å². The fourth-order valence-corrected chi connectivity index (χ4v) is 2.03. The molecule has 0 amide bonds. The Hall–Kier alpha value is -2.01. The number of nitrogens with one attached hydrogen (secondary N) is 1. The second-order valence-electron chi connectivity index (χ2n) is 4.18. The molecule has 0 radical (unpaired) electrons. The number of aryl methyl sites for hydroxylation is 2. The lowest BCUT2D eigenvalue weighted by atomic mass is 10.2. The predicted molar refractivity (Wildman–Crippen MR) is 74.7 cm³/mol. The van der Waals surface area contributed by atoms with Crippen LogP contribution in [0.1, 0.15) is 16.8 Å². The van der Waals surface area contributed by atoms with E-state index in [1.54, 1.807) is 23.9 Å². The van der Waals surface area contributed by atoms with Gasteiger partial charge in [0.1, 0.15) is 23.3 Å². The van der Waals surface area contributed by atoms with Crippen LogP contribution in [0.2, 0.25) is 5.15 Å². The first-order valence-electron chi connectivity index (χ1n) is 5.75. The quantitative estimate of drug-likeness (QED) is 0.665. The average molecular weight is 279 g/mol. The lowest BCUT2D eigenvalue weighted by Gasteiger charge is -2.10. The highest BCUT2D eigenvalue weighted by atomic mass is 35.5. The maximum Gasteiger partial charge on any atom is 0.133 e. The summed E-state index contributed by atoms with van der Waals surface area (Å²) in [5.74, 6) is 0.541. The predicted octanol–water partition coefficient (Wildman–Crippen LogP) is 2.24. The van der Waals surface area contributed by atoms with Gasteiger partial charge in [-0.15, -0.1) is 0 Å². The van der Waals surface area contributed by atoms with E-state index in [2.05, 4.69) is 5.10 Å². The number of ether oxygens (including phenoxy) is 1. The van der Waals surface area contributed by atoms with Crippen LogP contribution >= 0.6 is 11.6 Å². The van der Waals surface area contributed by atoms with Crippen molar-refractivity contribution in [2.24, 2.45) is 12.8 Å². The molecule has 1 heterocycles. The van der Waals surface area contributed by atoms with Crippen molar-refractivity contribution < 1.29 is 4.74 Å². The van der Waals surface area contributed by atoms with E-state index in [-0.39, 0.29) is 5.84 Å². The van der Waals surface area contributed by atoms with Gasteiger partial charge in [-0.05, 0) is 19.1 Å². The molecular formula is C13H15ClN4O. The number of aromatic nitrogens is 2. The van der Waals surface area contributed by atoms with E-state index < -0.39 is 0 Å². The summed E-state index contributed by atoms with van der Waals surface area (Å²) in [6.45, 7) is 2.17. The summed E-state index contributed by atoms with van der Waals surface area (Å²) in [5, 5.41) is 12.3. The first-order valence-corrected chi connectivity index (χ1v) is 6.12. The summed E-state index contributed by atoms with van der Waals surface area (Å²) in [4.78, 5) is 0. The molecule has 2 rings (SSSR count). The zero-order valence-electron chi connectivity index (χ0n) is 10.8. The molecular weight excluding hydrogens is 264 g/mol. The summed E-state index contributed by atoms with van der Waals surface area (Å²) < 4.78 is 7.30. The molecule has 5 nitrogen and oxygen atoms in total. The van der Waals surface area contributed by atoms with E-state index in [0.29, 0.717) is 23.1 Å². The Morgan fingerprint density at radius 3 is 2.74 bits per heavy atom. The van der Waals surface area contributed by atoms with Crippen molar-refractivity contribution in [2.45, 2.75) is 13.5 Å². The standard InChI is InChI=1S/C13H15ClN4O/c1-8-10(12(14)18(2)17-8)7-19-11-6-4-3-5-9(11)13(15)16/h3-6H,7H2,1-2H3,(H3,15,16). The Morgan fingerprint density at radius 2 is 2.16 bits per heavy atom. The van der Waals surface area contributed by atoms with Crippen molar-refractivity contribution in [2.75, 3.05) is 0 Å². The van der Waals surface area contributed by atoms with Gasteiger partial charge < -0.3 is 10.5 Å². The van der Waals surface area contributed by atoms with Crippen LogP contribution < -0.4 is 10.5 Å². The second kappa shape index (κ2) is 5.32. The van der Waals surface area contributed by atoms with Crippen LogP contribution in [0.3, 0.4) is 0 Å². The minimum Gasteiger partial charge on any atom is -0.488 e. The minimum absolute atomic E-state index is 0.0235. The molecule has 0 aliphatic carbocycles. The van der Waals surface area contributed by atoms with Gasteiger partial charge in [0.15, 0.2) is 0 Å². The fraction of sp³-hybridized carbons (Fsp3) is 0.231. The molecule has 2 aromatic rings. The number of halogens is 1. The molecule has 0 saturated heterocycles. The van der Waals surface area contributed by atoms with E-state index in [4.69, 9.17) is 27.5 Å². The average Bonchev–Trinajstić information content (AvgIpc) is 2.61. The highest BCUT2D eigenvalue weighted by molar-refractivity contribution is 6.30. The molecule has 0 spiro atoms. The molecule has 0 fully saturated rings. The van der Waals surface area contributed by atoms with Crippen molar-refractivity contribution in [1.82, 2.24) is 9.78 Å². The number of hydrogen-bond acceptors (Lipinski definition) is 3. The van der Waals surface area contributed by atoms with Crippen LogP contribution in [-0.2, 0) is 13.7 Å². The van der Waals surface area contributed by atoms with Gasteiger partial charge in [0, 0.05) is 12.6 Å². The van der Waals surface area contributed by atoms with Gasteiger partial charge in [0.25, 0.3) is 0 Å². The summed E-state index contributed by atoms with van der Waals surface area (Å²) in [7, 11) is 1.78. The normalized spacial score (nSPS) is 10.5. The van der Waals surface area contributed by atoms with Crippen molar-refractivity contribution >= 4 is 17.4 Å². The van der Waals surface area contributed by atoms with Crippen LogP contribution in [0.15, 0.2) is 24.3 Å². The Morgan fingerprint density at radius 1 is 1.47 bits per heavy atom. The van der Waals surface area contributed by atoms with E-state index in [9.17, 15) is 0 Å². The van der Waals surface area contributed by atoms with E-state index in [0.717, 1.165) is 11.3 Å². The van der Waals surface area contributed by atoms with Gasteiger partial charge in [0.05, 0.1) is 11.3 Å². The monoisotopic (exact) mass is 278 g/mol. The third-order valence-electron chi connectivity index (χ3n) is 2.82. The van der Waals surface area contributed by atoms with Crippen LogP contribution in [0.5, 0.6) is 5.75 Å². The highest BCUT2D eigenvalue weighted by Gasteiger charge is 2.13. The topological polar surface area (TPSA) is 76.9 Å². The van der Waals surface area contributed by atoms with E-state index in [1.807, 2.05) is 19.1 Å². The number of benzene rings is 1. The van der Waals surface area contributed by atoms with E-state index in [1.165, 1.54) is 0 Å². The summed E-state index contributed by atoms with van der Waals surface area (Å²) in [6.07, 6.45) is 0. The van der Waals surface area contributed by atoms with Crippen molar-refractivity contribution in [3.63, 3.8) is 0 Å². The van der Waals surface area contributed by atoms with Gasteiger partial charge in [-0.3, -0.25) is 10.1 Å². The second-order valence-corrected chi connectivity index (χ2v) is 4.53. The molecule has 0 atom stereocenters. The molecule has 100 valence electrons. The molecule has 1 aromatic carbocycles. The van der Waals surface area contributed by atoms with Crippen LogP contribution in [0, 0.1) is 12.3 Å². The minimum atomic E-state index is -0.0235. The van der Waals surface area contributed by atoms with Gasteiger partial charge in [-0.1, -0.05) is 23.7 Å². The largest absolute Gasteiger partial charge is 0.488 e. The van der Waals surface area contributed by atoms with Crippen molar-refractivity contribution in [3.8, 4) is 5.75 Å². The molecule has 0 aliphatic rings. The molecule has 0 unspecified atom stereocenters. The Balaban J connectivity index is 2.22. The zero-order valence-corrected chi connectivity index (χ0v) is 11.5. The Kier molecular flexibility index (Phi) is 3.76. The number of hydrogen-bond donors (Lipinski definition) is 2. The third-order valence-corrected chi connectivity index (χ3v) is 3.29. The number of para-hydroxylation sites is 1. The summed E-state index contributed by atoms with van der Waals surface area (Å²) in [6, 6.07) is 7.16. The first-order chi connectivity index (χ1) is 9.00. The number of nitrogens with zero attached hydrogens (tertiary/aromatic N) is 2. The molecule has 19 heavy (non-hydrogen) atoms. The maximum atomic E-state index is 7.50. The van der Waals surface area contributed by atoms with Crippen molar-refractivity contribution in [1.29, 1.82) is 5.41 Å². The first kappa shape index (κ1) is 13.4. The Bertz CT molecular complexity index is 621. The lowest BCUT2D eigenvalue weighted by Crippen LogP contribution is -2.13. The van der Waals surface area contributed by atoms with Crippen LogP contribution in [0.4, 0.5) is 0 Å². The van der Waals surface area contributed by atoms with Gasteiger partial charge in [-0.2, -0.15) is 5.10 Å².